The summed E-state index contributed by atoms with van der Waals surface area (Å²) in [5.74, 6) is 0.819. The highest BCUT2D eigenvalue weighted by Crippen LogP contribution is 2.26. The largest absolute Gasteiger partial charge is 0.367 e. The van der Waals surface area contributed by atoms with E-state index in [2.05, 4.69) is 22.0 Å². The smallest absolute Gasteiger partial charge is 0.237 e. The highest BCUT2D eigenvalue weighted by atomic mass is 16.5. The van der Waals surface area contributed by atoms with Gasteiger partial charge in [0.05, 0.1) is 12.5 Å². The third-order valence-electron chi connectivity index (χ3n) is 3.81. The molecule has 1 fully saturated rings. The van der Waals surface area contributed by atoms with E-state index in [1.807, 2.05) is 13.8 Å². The molecular formula is C15H25N3O3. The van der Waals surface area contributed by atoms with Gasteiger partial charge in [-0.2, -0.15) is 4.98 Å². The number of aromatic nitrogens is 2. The van der Waals surface area contributed by atoms with E-state index in [1.54, 1.807) is 6.92 Å². The summed E-state index contributed by atoms with van der Waals surface area (Å²) in [7, 11) is 0. The Balaban J connectivity index is 2.10. The van der Waals surface area contributed by atoms with Gasteiger partial charge in [0.1, 0.15) is 11.9 Å². The molecule has 0 N–H and O–H groups in total. The van der Waals surface area contributed by atoms with Crippen LogP contribution < -0.4 is 0 Å². The number of hydrogen-bond donors (Lipinski definition) is 0. The van der Waals surface area contributed by atoms with E-state index in [9.17, 15) is 4.79 Å². The molecule has 0 saturated carbocycles. The van der Waals surface area contributed by atoms with Crippen LogP contribution in [0.25, 0.3) is 0 Å². The maximum atomic E-state index is 11.7. The Labute approximate surface area is 125 Å². The lowest BCUT2D eigenvalue weighted by molar-refractivity contribution is -0.119. The highest BCUT2D eigenvalue weighted by molar-refractivity contribution is 5.82. The average molecular weight is 295 g/mol. The monoisotopic (exact) mass is 295 g/mol. The number of nitrogens with zero attached hydrogens (tertiary/aromatic N) is 3. The number of morpholine rings is 1. The van der Waals surface area contributed by atoms with Crippen molar-refractivity contribution in [3.63, 3.8) is 0 Å². The van der Waals surface area contributed by atoms with Gasteiger partial charge in [0, 0.05) is 13.1 Å². The molecule has 2 heterocycles. The van der Waals surface area contributed by atoms with Gasteiger partial charge >= 0.3 is 0 Å². The summed E-state index contributed by atoms with van der Waals surface area (Å²) in [5.41, 5.74) is 0. The number of ether oxygens (including phenoxy) is 1. The molecule has 0 radical (unpaired) electrons. The molecule has 0 bridgehead atoms. The van der Waals surface area contributed by atoms with Crippen LogP contribution in [0.4, 0.5) is 0 Å². The summed E-state index contributed by atoms with van der Waals surface area (Å²) < 4.78 is 11.1. The van der Waals surface area contributed by atoms with E-state index in [-0.39, 0.29) is 23.7 Å². The topological polar surface area (TPSA) is 68.5 Å². The average Bonchev–Trinajstić information content (AvgIpc) is 2.88. The second-order valence-corrected chi connectivity index (χ2v) is 5.98. The quantitative estimate of drug-likeness (QED) is 0.801. The molecule has 0 spiro atoms. The van der Waals surface area contributed by atoms with Crippen molar-refractivity contribution in [3.05, 3.63) is 11.7 Å². The maximum Gasteiger partial charge on any atom is 0.237 e. The molecular weight excluding hydrogens is 270 g/mol. The van der Waals surface area contributed by atoms with Crippen LogP contribution in [0, 0.1) is 5.92 Å². The molecule has 1 aliphatic heterocycles. The molecule has 118 valence electrons. The number of ketones is 1. The summed E-state index contributed by atoms with van der Waals surface area (Å²) in [5, 5.41) is 4.03. The molecule has 1 aromatic heterocycles. The Morgan fingerprint density at radius 3 is 2.86 bits per heavy atom. The molecule has 2 unspecified atom stereocenters. The fourth-order valence-corrected chi connectivity index (χ4v) is 2.81. The van der Waals surface area contributed by atoms with E-state index in [4.69, 9.17) is 9.26 Å². The molecule has 2 rings (SSSR count). The summed E-state index contributed by atoms with van der Waals surface area (Å²) in [6, 6.07) is 0. The fourth-order valence-electron chi connectivity index (χ4n) is 2.81. The first-order valence-corrected chi connectivity index (χ1v) is 7.70. The van der Waals surface area contributed by atoms with E-state index in [1.165, 1.54) is 0 Å². The molecule has 0 aromatic carbocycles. The number of Topliss-reactive ketones (excluding diaryl/α,β-unsaturated/α-hetero) is 1. The lowest BCUT2D eigenvalue weighted by Crippen LogP contribution is -2.39. The molecule has 1 saturated heterocycles. The maximum absolute atomic E-state index is 11.7. The molecule has 6 heteroatoms. The van der Waals surface area contributed by atoms with E-state index >= 15 is 0 Å². The zero-order chi connectivity index (χ0) is 15.4. The van der Waals surface area contributed by atoms with Crippen molar-refractivity contribution in [3.8, 4) is 0 Å². The van der Waals surface area contributed by atoms with Crippen LogP contribution in [0.15, 0.2) is 4.52 Å². The van der Waals surface area contributed by atoms with Crippen LogP contribution in [0.3, 0.4) is 0 Å². The van der Waals surface area contributed by atoms with E-state index in [0.29, 0.717) is 18.3 Å². The highest BCUT2D eigenvalue weighted by Gasteiger charge is 2.30. The first-order valence-electron chi connectivity index (χ1n) is 7.70. The Morgan fingerprint density at radius 2 is 2.24 bits per heavy atom. The molecule has 0 amide bonds. The predicted octanol–water partition coefficient (Wildman–Crippen LogP) is 2.18. The van der Waals surface area contributed by atoms with E-state index < -0.39 is 0 Å². The second kappa shape index (κ2) is 7.13. The molecule has 1 aliphatic rings. The van der Waals surface area contributed by atoms with Gasteiger partial charge in [0.25, 0.3) is 0 Å². The van der Waals surface area contributed by atoms with Crippen molar-refractivity contribution in [1.29, 1.82) is 0 Å². The molecule has 6 nitrogen and oxygen atoms in total. The van der Waals surface area contributed by atoms with Gasteiger partial charge in [-0.05, 0) is 25.8 Å². The van der Waals surface area contributed by atoms with Gasteiger partial charge < -0.3 is 9.26 Å². The summed E-state index contributed by atoms with van der Waals surface area (Å²) in [6.45, 7) is 11.1. The van der Waals surface area contributed by atoms with Crippen molar-refractivity contribution in [2.24, 2.45) is 5.92 Å². The minimum atomic E-state index is -0.332. The van der Waals surface area contributed by atoms with Crippen molar-refractivity contribution < 1.29 is 14.1 Å². The van der Waals surface area contributed by atoms with Gasteiger partial charge in [0.2, 0.25) is 11.7 Å². The van der Waals surface area contributed by atoms with Crippen LogP contribution in [-0.4, -0.2) is 47.1 Å². The first-order chi connectivity index (χ1) is 10.0. The second-order valence-electron chi connectivity index (χ2n) is 5.98. The fraction of sp³-hybridized carbons (Fsp3) is 0.800. The number of carbonyl (C=O) groups excluding carboxylic acids is 1. The minimum absolute atomic E-state index is 0.0531. The Kier molecular flexibility index (Phi) is 5.47. The van der Waals surface area contributed by atoms with Crippen LogP contribution in [0.2, 0.25) is 0 Å². The standard InChI is InChI=1S/C15H25N3O3/c1-5-6-18-7-8-20-12(9-18)14-16-15(21-17-14)13(10(2)3)11(4)19/h10,12-13H,5-9H2,1-4H3. The third kappa shape index (κ3) is 3.89. The number of hydrogen-bond acceptors (Lipinski definition) is 6. The molecule has 21 heavy (non-hydrogen) atoms. The zero-order valence-electron chi connectivity index (χ0n) is 13.3. The Bertz CT molecular complexity index is 470. The molecule has 0 aliphatic carbocycles. The van der Waals surface area contributed by atoms with Crippen molar-refractivity contribution >= 4 is 5.78 Å². The van der Waals surface area contributed by atoms with Gasteiger partial charge in [0.15, 0.2) is 0 Å². The van der Waals surface area contributed by atoms with Crippen LogP contribution in [0.5, 0.6) is 0 Å². The predicted molar refractivity (Wildman–Crippen MR) is 78.0 cm³/mol. The first kappa shape index (κ1) is 16.1. The minimum Gasteiger partial charge on any atom is -0.367 e. The van der Waals surface area contributed by atoms with E-state index in [0.717, 1.165) is 26.1 Å². The van der Waals surface area contributed by atoms with Crippen LogP contribution >= 0.6 is 0 Å². The Hall–Kier alpha value is -1.27. The van der Waals surface area contributed by atoms with Crippen LogP contribution in [0.1, 0.15) is 57.9 Å². The number of rotatable bonds is 6. The van der Waals surface area contributed by atoms with Gasteiger partial charge in [-0.15, -0.1) is 0 Å². The van der Waals surface area contributed by atoms with Crippen molar-refractivity contribution in [2.75, 3.05) is 26.2 Å². The summed E-state index contributed by atoms with van der Waals surface area (Å²) in [6.07, 6.45) is 0.951. The number of carbonyl (C=O) groups is 1. The molecule has 2 atom stereocenters. The SMILES string of the molecule is CCCN1CCOC(c2noc(C(C(C)=O)C(C)C)n2)C1. The lowest BCUT2D eigenvalue weighted by atomic mass is 9.92. The molecule has 1 aromatic rings. The zero-order valence-corrected chi connectivity index (χ0v) is 13.3. The van der Waals surface area contributed by atoms with Gasteiger partial charge in [-0.1, -0.05) is 25.9 Å². The summed E-state index contributed by atoms with van der Waals surface area (Å²) in [4.78, 5) is 18.5. The van der Waals surface area contributed by atoms with Crippen molar-refractivity contribution in [1.82, 2.24) is 15.0 Å². The lowest BCUT2D eigenvalue weighted by Gasteiger charge is -2.30. The van der Waals surface area contributed by atoms with Gasteiger partial charge in [-0.3, -0.25) is 9.69 Å². The summed E-state index contributed by atoms with van der Waals surface area (Å²) >= 11 is 0. The third-order valence-corrected chi connectivity index (χ3v) is 3.81. The normalized spacial score (nSPS) is 21.7. The van der Waals surface area contributed by atoms with Crippen LogP contribution in [-0.2, 0) is 9.53 Å². The Morgan fingerprint density at radius 1 is 1.48 bits per heavy atom. The van der Waals surface area contributed by atoms with Crippen molar-refractivity contribution in [2.45, 2.75) is 46.1 Å². The van der Waals surface area contributed by atoms with Gasteiger partial charge in [-0.25, -0.2) is 0 Å².